The maximum Gasteiger partial charge on any atom is 0.429 e. The highest BCUT2D eigenvalue weighted by molar-refractivity contribution is 5.86. The van der Waals surface area contributed by atoms with Gasteiger partial charge < -0.3 is 9.47 Å². The molecule has 0 spiro atoms. The molecule has 2 nitrogen and oxygen atoms in total. The first-order chi connectivity index (χ1) is 21.5. The lowest BCUT2D eigenvalue weighted by atomic mass is 9.93. The molecule has 0 saturated carbocycles. The van der Waals surface area contributed by atoms with Gasteiger partial charge in [0.05, 0.1) is 5.39 Å². The van der Waals surface area contributed by atoms with Crippen molar-refractivity contribution in [2.24, 2.45) is 0 Å². The molecule has 4 aromatic rings. The van der Waals surface area contributed by atoms with E-state index in [-0.39, 0.29) is 37.0 Å². The predicted molar refractivity (Wildman–Crippen MR) is 141 cm³/mol. The van der Waals surface area contributed by atoms with Crippen LogP contribution >= 0.6 is 0 Å². The number of ether oxygens (including phenoxy) is 2. The van der Waals surface area contributed by atoms with Gasteiger partial charge in [0.25, 0.3) is 0 Å². The summed E-state index contributed by atoms with van der Waals surface area (Å²) < 4.78 is 182. The van der Waals surface area contributed by atoms with Gasteiger partial charge in [-0.2, -0.15) is 26.3 Å². The summed E-state index contributed by atoms with van der Waals surface area (Å²) in [7, 11) is 0. The number of alkyl halides is 5. The monoisotopic (exact) mass is 666 g/mol. The van der Waals surface area contributed by atoms with Crippen molar-refractivity contribution in [3.8, 4) is 11.5 Å². The maximum atomic E-state index is 15.2. The molecule has 14 heteroatoms. The van der Waals surface area contributed by atoms with E-state index in [4.69, 9.17) is 4.74 Å². The minimum Gasteiger partial charge on any atom is -0.482 e. The molecule has 0 aliphatic carbocycles. The molecule has 1 unspecified atom stereocenters. The van der Waals surface area contributed by atoms with Gasteiger partial charge in [-0.15, -0.1) is 0 Å². The second kappa shape index (κ2) is 12.3. The molecule has 4 aromatic carbocycles. The van der Waals surface area contributed by atoms with Crippen LogP contribution in [-0.4, -0.2) is 0 Å². The third-order valence-electron chi connectivity index (χ3n) is 7.66. The molecule has 0 N–H and O–H groups in total. The number of benzene rings is 4. The van der Waals surface area contributed by atoms with Crippen LogP contribution in [0.1, 0.15) is 66.5 Å². The van der Waals surface area contributed by atoms with Gasteiger partial charge in [-0.3, -0.25) is 0 Å². The van der Waals surface area contributed by atoms with E-state index in [0.29, 0.717) is 30.2 Å². The predicted octanol–water partition coefficient (Wildman–Crippen LogP) is 10.8. The number of aryl methyl sites for hydroxylation is 2. The van der Waals surface area contributed by atoms with Gasteiger partial charge in [-0.05, 0) is 66.5 Å². The molecular formula is C32H22F12O2. The van der Waals surface area contributed by atoms with Crippen molar-refractivity contribution < 1.29 is 62.2 Å². The first-order valence-corrected chi connectivity index (χ1v) is 13.9. The molecule has 0 bridgehead atoms. The van der Waals surface area contributed by atoms with Crippen LogP contribution in [0.4, 0.5) is 52.7 Å². The van der Waals surface area contributed by atoms with E-state index in [0.717, 1.165) is 12.8 Å². The number of rotatable bonds is 8. The van der Waals surface area contributed by atoms with Gasteiger partial charge in [-0.25, -0.2) is 26.3 Å². The van der Waals surface area contributed by atoms with Gasteiger partial charge in [0.15, 0.2) is 23.2 Å². The maximum absolute atomic E-state index is 15.2. The Balaban J connectivity index is 1.42. The summed E-state index contributed by atoms with van der Waals surface area (Å²) in [5, 5.41) is -2.30. The van der Waals surface area contributed by atoms with Gasteiger partial charge in [0.1, 0.15) is 40.4 Å². The SMILES string of the molecule is CCCCCc1cc2c(c(F)c1F)OC(c1ccc(C(F)(F)Oc3cc(F)c4c(F)c(C(F)(F)F)c(F)cc4c3)c(F)c1F)CC2. The van der Waals surface area contributed by atoms with Gasteiger partial charge >= 0.3 is 12.3 Å². The second-order valence-corrected chi connectivity index (χ2v) is 10.8. The zero-order valence-corrected chi connectivity index (χ0v) is 23.6. The molecule has 1 aliphatic heterocycles. The third-order valence-corrected chi connectivity index (χ3v) is 7.66. The minimum atomic E-state index is -5.54. The van der Waals surface area contributed by atoms with E-state index >= 15 is 17.6 Å². The zero-order valence-electron chi connectivity index (χ0n) is 23.6. The Hall–Kier alpha value is -4.10. The van der Waals surface area contributed by atoms with Crippen LogP contribution in [0.25, 0.3) is 10.8 Å². The van der Waals surface area contributed by atoms with Crippen molar-refractivity contribution in [3.05, 3.63) is 105 Å². The Morgan fingerprint density at radius 3 is 2.17 bits per heavy atom. The topological polar surface area (TPSA) is 18.5 Å². The van der Waals surface area contributed by atoms with E-state index in [2.05, 4.69) is 4.74 Å². The Morgan fingerprint density at radius 2 is 1.50 bits per heavy atom. The Morgan fingerprint density at radius 1 is 0.783 bits per heavy atom. The summed E-state index contributed by atoms with van der Waals surface area (Å²) in [5.74, 6) is -14.5. The first-order valence-electron chi connectivity index (χ1n) is 13.9. The van der Waals surface area contributed by atoms with Gasteiger partial charge in [0, 0.05) is 11.6 Å². The Bertz CT molecular complexity index is 1820. The fourth-order valence-corrected chi connectivity index (χ4v) is 5.43. The molecule has 1 atom stereocenters. The van der Waals surface area contributed by atoms with Crippen LogP contribution in [0.15, 0.2) is 36.4 Å². The molecule has 0 fully saturated rings. The zero-order chi connectivity index (χ0) is 33.7. The minimum absolute atomic E-state index is 0.0470. The van der Waals surface area contributed by atoms with E-state index in [9.17, 15) is 35.1 Å². The molecule has 0 aromatic heterocycles. The molecule has 1 heterocycles. The van der Waals surface area contributed by atoms with Crippen molar-refractivity contribution in [1.29, 1.82) is 0 Å². The van der Waals surface area contributed by atoms with Crippen molar-refractivity contribution in [1.82, 2.24) is 0 Å². The van der Waals surface area contributed by atoms with Crippen LogP contribution < -0.4 is 9.47 Å². The summed E-state index contributed by atoms with van der Waals surface area (Å²) in [6, 6.07) is 3.05. The summed E-state index contributed by atoms with van der Waals surface area (Å²) in [4.78, 5) is 0. The number of fused-ring (bicyclic) bond motifs is 2. The molecule has 46 heavy (non-hydrogen) atoms. The van der Waals surface area contributed by atoms with E-state index in [1.165, 1.54) is 6.07 Å². The summed E-state index contributed by atoms with van der Waals surface area (Å²) in [6.45, 7) is 1.94. The fraction of sp³-hybridized carbons (Fsp3) is 0.312. The van der Waals surface area contributed by atoms with Crippen molar-refractivity contribution in [2.45, 2.75) is 63.8 Å². The second-order valence-electron chi connectivity index (χ2n) is 10.8. The van der Waals surface area contributed by atoms with Crippen molar-refractivity contribution in [3.63, 3.8) is 0 Å². The van der Waals surface area contributed by atoms with Crippen molar-refractivity contribution in [2.75, 3.05) is 0 Å². The Labute approximate surface area is 253 Å². The number of hydrogen-bond donors (Lipinski definition) is 0. The summed E-state index contributed by atoms with van der Waals surface area (Å²) in [5.41, 5.74) is -4.26. The fourth-order valence-electron chi connectivity index (χ4n) is 5.43. The molecule has 0 amide bonds. The smallest absolute Gasteiger partial charge is 0.429 e. The highest BCUT2D eigenvalue weighted by atomic mass is 19.4. The number of unbranched alkanes of at least 4 members (excludes halogenated alkanes) is 2. The quantitative estimate of drug-likeness (QED) is 0.138. The lowest BCUT2D eigenvalue weighted by Crippen LogP contribution is -2.25. The van der Waals surface area contributed by atoms with Crippen LogP contribution in [0.2, 0.25) is 0 Å². The van der Waals surface area contributed by atoms with Crippen LogP contribution in [0, 0.1) is 40.7 Å². The lowest BCUT2D eigenvalue weighted by Gasteiger charge is -2.28. The standard InChI is InChI=1S/C32H22F12O2/c1-2-3-4-5-14-10-15-6-9-22(45-30(15)29(39)25(14)35)18-7-8-19(27(37)26(18)36)32(43,44)46-17-11-16-12-21(34)24(31(40,41)42)28(38)23(16)20(33)13-17/h7-8,10-13,22H,2-6,9H2,1H3. The highest BCUT2D eigenvalue weighted by Gasteiger charge is 2.42. The first kappa shape index (κ1) is 33.3. The van der Waals surface area contributed by atoms with Crippen molar-refractivity contribution >= 4 is 10.8 Å². The molecule has 1 aliphatic rings. The van der Waals surface area contributed by atoms with Crippen LogP contribution in [-0.2, 0) is 25.1 Å². The number of halogens is 12. The molecular weight excluding hydrogens is 644 g/mol. The lowest BCUT2D eigenvalue weighted by molar-refractivity contribution is -0.187. The molecule has 246 valence electrons. The van der Waals surface area contributed by atoms with E-state index in [1.54, 1.807) is 0 Å². The largest absolute Gasteiger partial charge is 0.482 e. The number of hydrogen-bond acceptors (Lipinski definition) is 2. The van der Waals surface area contributed by atoms with Gasteiger partial charge in [-0.1, -0.05) is 25.8 Å². The van der Waals surface area contributed by atoms with Crippen LogP contribution in [0.5, 0.6) is 11.5 Å². The Kier molecular flexibility index (Phi) is 8.86. The summed E-state index contributed by atoms with van der Waals surface area (Å²) >= 11 is 0. The average Bonchev–Trinajstić information content (AvgIpc) is 2.95. The molecule has 0 radical (unpaired) electrons. The molecule has 0 saturated heterocycles. The highest BCUT2D eigenvalue weighted by Crippen LogP contribution is 2.43. The average molecular weight is 667 g/mol. The van der Waals surface area contributed by atoms with Gasteiger partial charge in [0.2, 0.25) is 5.82 Å². The van der Waals surface area contributed by atoms with Crippen LogP contribution in [0.3, 0.4) is 0 Å². The molecule has 5 rings (SSSR count). The van der Waals surface area contributed by atoms with E-state index < -0.39 is 98.1 Å². The normalized spacial score (nSPS) is 15.2. The summed E-state index contributed by atoms with van der Waals surface area (Å²) in [6.07, 6.45) is -9.11. The third kappa shape index (κ3) is 6.05. The van der Waals surface area contributed by atoms with E-state index in [1.807, 2.05) is 6.92 Å².